The third-order valence-electron chi connectivity index (χ3n) is 4.51. The van der Waals surface area contributed by atoms with Crippen LogP contribution in [0.5, 0.6) is 0 Å². The van der Waals surface area contributed by atoms with E-state index in [-0.39, 0.29) is 11.8 Å². The van der Waals surface area contributed by atoms with Gasteiger partial charge in [-0.15, -0.1) is 0 Å². The first-order chi connectivity index (χ1) is 13.1. The van der Waals surface area contributed by atoms with Crippen molar-refractivity contribution >= 4 is 34.4 Å². The molecule has 2 heterocycles. The van der Waals surface area contributed by atoms with Gasteiger partial charge >= 0.3 is 6.03 Å². The van der Waals surface area contributed by atoms with E-state index < -0.39 is 0 Å². The number of hydrogen-bond donors (Lipinski definition) is 1. The van der Waals surface area contributed by atoms with E-state index in [9.17, 15) is 9.18 Å². The van der Waals surface area contributed by atoms with E-state index in [2.05, 4.69) is 15.2 Å². The van der Waals surface area contributed by atoms with E-state index in [1.165, 1.54) is 12.1 Å². The summed E-state index contributed by atoms with van der Waals surface area (Å²) in [6.45, 7) is 3.21. The lowest BCUT2D eigenvalue weighted by Crippen LogP contribution is -2.49. The maximum absolute atomic E-state index is 12.9. The minimum Gasteiger partial charge on any atom is -0.439 e. The lowest BCUT2D eigenvalue weighted by molar-refractivity contribution is 0.136. The molecule has 27 heavy (non-hydrogen) atoms. The van der Waals surface area contributed by atoms with Crippen molar-refractivity contribution in [1.29, 1.82) is 0 Å². The summed E-state index contributed by atoms with van der Waals surface area (Å²) >= 11 is 5.97. The SMILES string of the molecule is O=C(Nc1ccc(F)cc1)N1CCN(Cc2nc3ccc(Cl)cc3o2)CC1. The molecule has 2 aromatic carbocycles. The molecule has 4 rings (SSSR count). The van der Waals surface area contributed by atoms with Gasteiger partial charge in [0.1, 0.15) is 11.3 Å². The molecule has 2 amide bonds. The summed E-state index contributed by atoms with van der Waals surface area (Å²) < 4.78 is 18.7. The molecule has 6 nitrogen and oxygen atoms in total. The first-order valence-electron chi connectivity index (χ1n) is 8.66. The van der Waals surface area contributed by atoms with Crippen molar-refractivity contribution in [2.24, 2.45) is 0 Å². The molecule has 0 radical (unpaired) electrons. The lowest BCUT2D eigenvalue weighted by Gasteiger charge is -2.34. The van der Waals surface area contributed by atoms with E-state index >= 15 is 0 Å². The minimum absolute atomic E-state index is 0.183. The topological polar surface area (TPSA) is 61.6 Å². The van der Waals surface area contributed by atoms with E-state index in [4.69, 9.17) is 16.0 Å². The van der Waals surface area contributed by atoms with Crippen molar-refractivity contribution in [1.82, 2.24) is 14.8 Å². The van der Waals surface area contributed by atoms with Crippen LogP contribution in [0.25, 0.3) is 11.1 Å². The van der Waals surface area contributed by atoms with Crippen molar-refractivity contribution in [3.8, 4) is 0 Å². The van der Waals surface area contributed by atoms with Crippen LogP contribution in [0.2, 0.25) is 5.02 Å². The molecular formula is C19H18ClFN4O2. The zero-order valence-electron chi connectivity index (χ0n) is 14.5. The van der Waals surface area contributed by atoms with Crippen LogP contribution in [0, 0.1) is 5.82 Å². The molecule has 0 unspecified atom stereocenters. The van der Waals surface area contributed by atoms with Crippen molar-refractivity contribution in [3.05, 3.63) is 59.2 Å². The van der Waals surface area contributed by atoms with Gasteiger partial charge in [-0.05, 0) is 36.4 Å². The number of urea groups is 1. The van der Waals surface area contributed by atoms with Crippen molar-refractivity contribution < 1.29 is 13.6 Å². The van der Waals surface area contributed by atoms with Crippen LogP contribution in [0.4, 0.5) is 14.9 Å². The van der Waals surface area contributed by atoms with Gasteiger partial charge in [-0.25, -0.2) is 14.2 Å². The average Bonchev–Trinajstić information content (AvgIpc) is 3.05. The molecule has 1 saturated heterocycles. The molecule has 140 valence electrons. The van der Waals surface area contributed by atoms with Crippen LogP contribution in [0.15, 0.2) is 46.9 Å². The fourth-order valence-electron chi connectivity index (χ4n) is 3.05. The summed E-state index contributed by atoms with van der Waals surface area (Å²) in [5, 5.41) is 3.40. The Kier molecular flexibility index (Phi) is 4.96. The number of carbonyl (C=O) groups is 1. The molecule has 1 aliphatic heterocycles. The Morgan fingerprint density at radius 3 is 2.63 bits per heavy atom. The third-order valence-corrected chi connectivity index (χ3v) is 4.74. The summed E-state index contributed by atoms with van der Waals surface area (Å²) in [7, 11) is 0. The zero-order chi connectivity index (χ0) is 18.8. The number of oxazole rings is 1. The lowest BCUT2D eigenvalue weighted by atomic mass is 10.3. The highest BCUT2D eigenvalue weighted by atomic mass is 35.5. The third kappa shape index (κ3) is 4.20. The number of nitrogens with one attached hydrogen (secondary N) is 1. The Balaban J connectivity index is 1.31. The standard InChI is InChI=1S/C19H18ClFN4O2/c20-13-1-6-16-17(11-13)27-18(23-16)12-24-7-9-25(10-8-24)19(26)22-15-4-2-14(21)3-5-15/h1-6,11H,7-10,12H2,(H,22,26). The first kappa shape index (κ1) is 17.8. The van der Waals surface area contributed by atoms with E-state index in [1.54, 1.807) is 29.2 Å². The number of rotatable bonds is 3. The quantitative estimate of drug-likeness (QED) is 0.737. The number of piperazine rings is 1. The largest absolute Gasteiger partial charge is 0.439 e. The normalized spacial score (nSPS) is 15.3. The molecule has 3 aromatic rings. The predicted octanol–water partition coefficient (Wildman–Crippen LogP) is 3.97. The molecule has 0 atom stereocenters. The number of amides is 2. The predicted molar refractivity (Wildman–Crippen MR) is 101 cm³/mol. The van der Waals surface area contributed by atoms with Gasteiger partial charge in [-0.1, -0.05) is 11.6 Å². The highest BCUT2D eigenvalue weighted by molar-refractivity contribution is 6.31. The molecule has 0 bridgehead atoms. The van der Waals surface area contributed by atoms with Crippen LogP contribution < -0.4 is 5.32 Å². The van der Waals surface area contributed by atoms with Crippen LogP contribution in [-0.4, -0.2) is 47.0 Å². The van der Waals surface area contributed by atoms with Gasteiger partial charge in [0.25, 0.3) is 0 Å². The van der Waals surface area contributed by atoms with Gasteiger partial charge in [0.2, 0.25) is 5.89 Å². The molecule has 0 spiro atoms. The highest BCUT2D eigenvalue weighted by Gasteiger charge is 2.22. The summed E-state index contributed by atoms with van der Waals surface area (Å²) in [6, 6.07) is 10.9. The Morgan fingerprint density at radius 1 is 1.15 bits per heavy atom. The number of aromatic nitrogens is 1. The van der Waals surface area contributed by atoms with Crippen LogP contribution in [0.1, 0.15) is 5.89 Å². The number of benzene rings is 2. The number of fused-ring (bicyclic) bond motifs is 1. The fourth-order valence-corrected chi connectivity index (χ4v) is 3.21. The second kappa shape index (κ2) is 7.54. The molecule has 1 fully saturated rings. The number of carbonyl (C=O) groups excluding carboxylic acids is 1. The Labute approximate surface area is 160 Å². The molecule has 1 N–H and O–H groups in total. The monoisotopic (exact) mass is 388 g/mol. The van der Waals surface area contributed by atoms with Crippen LogP contribution >= 0.6 is 11.6 Å². The Hall–Kier alpha value is -2.64. The molecule has 0 aliphatic carbocycles. The highest BCUT2D eigenvalue weighted by Crippen LogP contribution is 2.21. The summed E-state index contributed by atoms with van der Waals surface area (Å²) in [5.74, 6) is 0.305. The summed E-state index contributed by atoms with van der Waals surface area (Å²) in [4.78, 5) is 20.7. The van der Waals surface area contributed by atoms with Gasteiger partial charge in [0.05, 0.1) is 6.54 Å². The van der Waals surface area contributed by atoms with Crippen LogP contribution in [-0.2, 0) is 6.54 Å². The van der Waals surface area contributed by atoms with E-state index in [1.807, 2.05) is 6.07 Å². The smallest absolute Gasteiger partial charge is 0.321 e. The molecule has 1 aliphatic rings. The molecule has 8 heteroatoms. The van der Waals surface area contributed by atoms with Gasteiger partial charge < -0.3 is 14.6 Å². The summed E-state index contributed by atoms with van der Waals surface area (Å²) in [5.41, 5.74) is 2.04. The van der Waals surface area contributed by atoms with Gasteiger partial charge in [0, 0.05) is 43.0 Å². The molecular weight excluding hydrogens is 371 g/mol. The zero-order valence-corrected chi connectivity index (χ0v) is 15.2. The van der Waals surface area contributed by atoms with Crippen molar-refractivity contribution in [2.45, 2.75) is 6.54 Å². The Bertz CT molecular complexity index is 952. The average molecular weight is 389 g/mol. The second-order valence-electron chi connectivity index (χ2n) is 6.42. The van der Waals surface area contributed by atoms with Crippen LogP contribution in [0.3, 0.4) is 0 Å². The van der Waals surface area contributed by atoms with Gasteiger partial charge in [-0.2, -0.15) is 0 Å². The number of halogens is 2. The number of hydrogen-bond acceptors (Lipinski definition) is 4. The van der Waals surface area contributed by atoms with Crippen molar-refractivity contribution in [3.63, 3.8) is 0 Å². The van der Waals surface area contributed by atoms with E-state index in [0.717, 1.165) is 18.6 Å². The second-order valence-corrected chi connectivity index (χ2v) is 6.86. The van der Waals surface area contributed by atoms with Gasteiger partial charge in [-0.3, -0.25) is 4.90 Å². The Morgan fingerprint density at radius 2 is 1.89 bits per heavy atom. The van der Waals surface area contributed by atoms with Crippen molar-refractivity contribution in [2.75, 3.05) is 31.5 Å². The van der Waals surface area contributed by atoms with E-state index in [0.29, 0.717) is 41.8 Å². The van der Waals surface area contributed by atoms with Gasteiger partial charge in [0.15, 0.2) is 5.58 Å². The maximum Gasteiger partial charge on any atom is 0.321 e. The summed E-state index contributed by atoms with van der Waals surface area (Å²) in [6.07, 6.45) is 0. The number of anilines is 1. The fraction of sp³-hybridized carbons (Fsp3) is 0.263. The minimum atomic E-state index is -0.330. The first-order valence-corrected chi connectivity index (χ1v) is 9.03. The maximum atomic E-state index is 12.9. The molecule has 0 saturated carbocycles. The number of nitrogens with zero attached hydrogens (tertiary/aromatic N) is 3. The molecule has 1 aromatic heterocycles.